The molecule has 0 aliphatic heterocycles. The van der Waals surface area contributed by atoms with Crippen LogP contribution in [0.25, 0.3) is 33.4 Å². The summed E-state index contributed by atoms with van der Waals surface area (Å²) in [6.45, 7) is 1.58. The number of hydrogen-bond acceptors (Lipinski definition) is 6. The van der Waals surface area contributed by atoms with Crippen molar-refractivity contribution in [1.29, 1.82) is 0 Å². The standard InChI is InChI=1S/C28H20BrN3O3S/c1-17-9-11-18(12-10-17)24-14-22(21-7-2-3-8-23(21)30-24)27(34)35-15-26(33)32-28-31-25(16-36-28)19-5-4-6-20(29)13-19/h2-14,16H,15H2,1H3,(H,31,32,33). The molecule has 2 aromatic heterocycles. The van der Waals surface area contributed by atoms with Gasteiger partial charge < -0.3 is 4.74 Å². The quantitative estimate of drug-likeness (QED) is 0.230. The van der Waals surface area contributed by atoms with Crippen LogP contribution in [0, 0.1) is 6.92 Å². The van der Waals surface area contributed by atoms with Gasteiger partial charge in [-0.3, -0.25) is 10.1 Å². The van der Waals surface area contributed by atoms with Crippen molar-refractivity contribution in [3.05, 3.63) is 99.8 Å². The third-order valence-electron chi connectivity index (χ3n) is 5.49. The van der Waals surface area contributed by atoms with Crippen molar-refractivity contribution in [2.75, 3.05) is 11.9 Å². The maximum absolute atomic E-state index is 13.0. The Bertz CT molecular complexity index is 1580. The van der Waals surface area contributed by atoms with E-state index < -0.39 is 18.5 Å². The molecule has 5 aromatic rings. The number of carbonyl (C=O) groups is 2. The van der Waals surface area contributed by atoms with Crippen LogP contribution in [0.3, 0.4) is 0 Å². The Morgan fingerprint density at radius 3 is 2.53 bits per heavy atom. The summed E-state index contributed by atoms with van der Waals surface area (Å²) in [5.41, 5.74) is 5.40. The van der Waals surface area contributed by atoms with Gasteiger partial charge in [-0.1, -0.05) is 76.1 Å². The molecule has 3 aromatic carbocycles. The molecule has 0 spiro atoms. The molecular weight excluding hydrogens is 538 g/mol. The lowest BCUT2D eigenvalue weighted by molar-refractivity contribution is -0.119. The van der Waals surface area contributed by atoms with Crippen LogP contribution in [0.5, 0.6) is 0 Å². The first-order chi connectivity index (χ1) is 17.5. The van der Waals surface area contributed by atoms with E-state index in [9.17, 15) is 9.59 Å². The molecule has 8 heteroatoms. The molecule has 2 heterocycles. The largest absolute Gasteiger partial charge is 0.452 e. The lowest BCUT2D eigenvalue weighted by Gasteiger charge is -2.10. The van der Waals surface area contributed by atoms with Gasteiger partial charge in [0.25, 0.3) is 5.91 Å². The molecule has 0 radical (unpaired) electrons. The molecule has 1 amide bonds. The normalized spacial score (nSPS) is 10.8. The Balaban J connectivity index is 1.30. The molecule has 5 rings (SSSR count). The summed E-state index contributed by atoms with van der Waals surface area (Å²) in [4.78, 5) is 34.7. The number of pyridine rings is 1. The first-order valence-corrected chi connectivity index (χ1v) is 12.8. The maximum atomic E-state index is 13.0. The second kappa shape index (κ2) is 10.4. The zero-order chi connectivity index (χ0) is 25.1. The first kappa shape index (κ1) is 23.8. The van der Waals surface area contributed by atoms with Crippen molar-refractivity contribution in [2.45, 2.75) is 6.92 Å². The van der Waals surface area contributed by atoms with Gasteiger partial charge in [0.05, 0.1) is 22.5 Å². The molecule has 0 bridgehead atoms. The number of carbonyl (C=O) groups excluding carboxylic acids is 2. The van der Waals surface area contributed by atoms with Crippen LogP contribution in [0.2, 0.25) is 0 Å². The van der Waals surface area contributed by atoms with Crippen molar-refractivity contribution < 1.29 is 14.3 Å². The average Bonchev–Trinajstić information content (AvgIpc) is 3.35. The number of anilines is 1. The van der Waals surface area contributed by atoms with E-state index in [1.165, 1.54) is 11.3 Å². The van der Waals surface area contributed by atoms with E-state index in [-0.39, 0.29) is 0 Å². The van der Waals surface area contributed by atoms with Crippen molar-refractivity contribution in [3.63, 3.8) is 0 Å². The molecule has 0 saturated carbocycles. The number of para-hydroxylation sites is 1. The lowest BCUT2D eigenvalue weighted by atomic mass is 10.0. The van der Waals surface area contributed by atoms with Crippen LogP contribution in [-0.2, 0) is 9.53 Å². The number of benzene rings is 3. The number of thiazole rings is 1. The first-order valence-electron chi connectivity index (χ1n) is 11.1. The van der Waals surface area contributed by atoms with Gasteiger partial charge in [-0.05, 0) is 31.2 Å². The monoisotopic (exact) mass is 557 g/mol. The summed E-state index contributed by atoms with van der Waals surface area (Å²) < 4.78 is 6.32. The molecule has 36 heavy (non-hydrogen) atoms. The highest BCUT2D eigenvalue weighted by Gasteiger charge is 2.17. The van der Waals surface area contributed by atoms with Crippen LogP contribution >= 0.6 is 27.3 Å². The van der Waals surface area contributed by atoms with Gasteiger partial charge >= 0.3 is 5.97 Å². The number of nitrogens with zero attached hydrogens (tertiary/aromatic N) is 2. The fraction of sp³-hybridized carbons (Fsp3) is 0.0714. The number of aryl methyl sites for hydroxylation is 1. The van der Waals surface area contributed by atoms with Gasteiger partial charge in [0.15, 0.2) is 11.7 Å². The summed E-state index contributed by atoms with van der Waals surface area (Å²) in [6, 6.07) is 24.7. The van der Waals surface area contributed by atoms with Crippen LogP contribution in [-0.4, -0.2) is 28.5 Å². The van der Waals surface area contributed by atoms with E-state index in [1.54, 1.807) is 6.07 Å². The minimum absolute atomic E-state index is 0.357. The average molecular weight is 558 g/mol. The summed E-state index contributed by atoms with van der Waals surface area (Å²) in [7, 11) is 0. The fourth-order valence-electron chi connectivity index (χ4n) is 3.69. The van der Waals surface area contributed by atoms with Gasteiger partial charge in [0.2, 0.25) is 0 Å². The van der Waals surface area contributed by atoms with E-state index in [4.69, 9.17) is 9.72 Å². The lowest BCUT2D eigenvalue weighted by Crippen LogP contribution is -2.21. The van der Waals surface area contributed by atoms with Crippen LogP contribution in [0.15, 0.2) is 88.7 Å². The number of esters is 1. The number of rotatable bonds is 6. The third kappa shape index (κ3) is 5.35. The smallest absolute Gasteiger partial charge is 0.339 e. The Labute approximate surface area is 220 Å². The van der Waals surface area contributed by atoms with Crippen molar-refractivity contribution in [3.8, 4) is 22.5 Å². The van der Waals surface area contributed by atoms with Gasteiger partial charge in [0.1, 0.15) is 0 Å². The molecule has 6 nitrogen and oxygen atoms in total. The van der Waals surface area contributed by atoms with Crippen molar-refractivity contribution in [2.24, 2.45) is 0 Å². The number of ether oxygens (including phenoxy) is 1. The topological polar surface area (TPSA) is 81.2 Å². The SMILES string of the molecule is Cc1ccc(-c2cc(C(=O)OCC(=O)Nc3nc(-c4cccc(Br)c4)cs3)c3ccccc3n2)cc1. The van der Waals surface area contributed by atoms with E-state index in [2.05, 4.69) is 26.2 Å². The number of aromatic nitrogens is 2. The predicted octanol–water partition coefficient (Wildman–Crippen LogP) is 6.89. The van der Waals surface area contributed by atoms with E-state index in [0.29, 0.717) is 27.3 Å². The molecular formula is C28H20BrN3O3S. The van der Waals surface area contributed by atoms with Crippen LogP contribution in [0.4, 0.5) is 5.13 Å². The van der Waals surface area contributed by atoms with Crippen LogP contribution in [0.1, 0.15) is 15.9 Å². The van der Waals surface area contributed by atoms with Gasteiger partial charge in [-0.15, -0.1) is 11.3 Å². The highest BCUT2D eigenvalue weighted by Crippen LogP contribution is 2.28. The second-order valence-electron chi connectivity index (χ2n) is 8.11. The minimum atomic E-state index is -0.592. The minimum Gasteiger partial charge on any atom is -0.452 e. The van der Waals surface area contributed by atoms with E-state index >= 15 is 0 Å². The predicted molar refractivity (Wildman–Crippen MR) is 146 cm³/mol. The summed E-state index contributed by atoms with van der Waals surface area (Å²) in [5, 5.41) is 5.66. The second-order valence-corrected chi connectivity index (χ2v) is 9.88. The van der Waals surface area contributed by atoms with Gasteiger partial charge in [-0.25, -0.2) is 14.8 Å². The molecule has 1 N–H and O–H groups in total. The number of hydrogen-bond donors (Lipinski definition) is 1. The zero-order valence-electron chi connectivity index (χ0n) is 19.2. The molecule has 0 fully saturated rings. The van der Waals surface area contributed by atoms with E-state index in [0.717, 1.165) is 26.9 Å². The Morgan fingerprint density at radius 1 is 0.917 bits per heavy atom. The maximum Gasteiger partial charge on any atom is 0.339 e. The molecule has 0 aliphatic rings. The molecule has 0 unspecified atom stereocenters. The van der Waals surface area contributed by atoms with Gasteiger partial charge in [0, 0.05) is 26.4 Å². The Morgan fingerprint density at radius 2 is 1.72 bits per heavy atom. The summed E-state index contributed by atoms with van der Waals surface area (Å²) in [5.74, 6) is -1.05. The van der Waals surface area contributed by atoms with Crippen molar-refractivity contribution >= 4 is 55.2 Å². The Hall–Kier alpha value is -3.88. The molecule has 0 aliphatic carbocycles. The number of amides is 1. The highest BCUT2D eigenvalue weighted by atomic mass is 79.9. The number of fused-ring (bicyclic) bond motifs is 1. The summed E-state index contributed by atoms with van der Waals surface area (Å²) >= 11 is 4.75. The van der Waals surface area contributed by atoms with E-state index in [1.807, 2.05) is 85.1 Å². The Kier molecular flexibility index (Phi) is 6.88. The summed E-state index contributed by atoms with van der Waals surface area (Å²) in [6.07, 6.45) is 0. The van der Waals surface area contributed by atoms with Crippen molar-refractivity contribution in [1.82, 2.24) is 9.97 Å². The third-order valence-corrected chi connectivity index (χ3v) is 6.74. The molecule has 178 valence electrons. The fourth-order valence-corrected chi connectivity index (χ4v) is 4.83. The molecule has 0 atom stereocenters. The zero-order valence-corrected chi connectivity index (χ0v) is 21.6. The number of nitrogens with one attached hydrogen (secondary N) is 1. The highest BCUT2D eigenvalue weighted by molar-refractivity contribution is 9.10. The van der Waals surface area contributed by atoms with Crippen LogP contribution < -0.4 is 5.32 Å². The van der Waals surface area contributed by atoms with Gasteiger partial charge in [-0.2, -0.15) is 0 Å². The number of halogens is 1. The molecule has 0 saturated heterocycles.